The number of allylic oxidation sites excluding steroid dienone is 4. The summed E-state index contributed by atoms with van der Waals surface area (Å²) in [4.78, 5) is 35.1. The standard InChI is InChI=1S/C40H75O12P/c1-3-5-7-9-11-13-15-17-19-21-23-25-27-29-38(44)49-32-35(33-50-53(47,48)51-34-37(43)40(46)36(42)31-41)52-39(45)30-28-26-24-22-20-18-16-14-12-10-8-6-4-2/h19-22,35-37,40-43,46H,3-18,23-34H2,1-2H3,(H,47,48)/t35-,36-,37-,40+/m1/s1. The third kappa shape index (κ3) is 33.4. The highest BCUT2D eigenvalue weighted by Gasteiger charge is 2.30. The minimum Gasteiger partial charge on any atom is -0.462 e. The van der Waals surface area contributed by atoms with E-state index in [0.29, 0.717) is 12.8 Å². The van der Waals surface area contributed by atoms with Crippen molar-refractivity contribution < 1.29 is 58.0 Å². The van der Waals surface area contributed by atoms with Crippen molar-refractivity contribution in [1.82, 2.24) is 0 Å². The summed E-state index contributed by atoms with van der Waals surface area (Å²) in [6.45, 7) is 1.66. The fraction of sp³-hybridized carbons (Fsp3) is 0.850. The number of rotatable bonds is 38. The van der Waals surface area contributed by atoms with E-state index in [4.69, 9.17) is 23.6 Å². The van der Waals surface area contributed by atoms with E-state index >= 15 is 0 Å². The predicted molar refractivity (Wildman–Crippen MR) is 208 cm³/mol. The summed E-state index contributed by atoms with van der Waals surface area (Å²) < 4.78 is 32.8. The first-order chi connectivity index (χ1) is 25.6. The van der Waals surface area contributed by atoms with Crippen LogP contribution in [0.1, 0.15) is 168 Å². The van der Waals surface area contributed by atoms with E-state index in [1.165, 1.54) is 89.9 Å². The van der Waals surface area contributed by atoms with Crippen molar-refractivity contribution in [3.05, 3.63) is 24.3 Å². The van der Waals surface area contributed by atoms with E-state index < -0.39 is 70.6 Å². The lowest BCUT2D eigenvalue weighted by Gasteiger charge is -2.23. The van der Waals surface area contributed by atoms with Gasteiger partial charge in [-0.3, -0.25) is 18.6 Å². The summed E-state index contributed by atoms with van der Waals surface area (Å²) >= 11 is 0. The molecule has 0 aromatic carbocycles. The zero-order valence-corrected chi connectivity index (χ0v) is 33.9. The third-order valence-electron chi connectivity index (χ3n) is 8.82. The molecule has 13 heteroatoms. The molecule has 0 aliphatic carbocycles. The molecule has 0 saturated heterocycles. The van der Waals surface area contributed by atoms with E-state index in [1.807, 2.05) is 0 Å². The highest BCUT2D eigenvalue weighted by molar-refractivity contribution is 7.47. The Balaban J connectivity index is 4.65. The summed E-state index contributed by atoms with van der Waals surface area (Å²) in [6.07, 6.45) is 26.9. The normalized spacial score (nSPS) is 15.4. The summed E-state index contributed by atoms with van der Waals surface area (Å²) in [7, 11) is -4.83. The Morgan fingerprint density at radius 1 is 0.566 bits per heavy atom. The summed E-state index contributed by atoms with van der Waals surface area (Å²) in [6, 6.07) is 0. The molecule has 5 N–H and O–H groups in total. The Bertz CT molecular complexity index is 975. The topological polar surface area (TPSA) is 189 Å². The molecule has 0 aliphatic heterocycles. The van der Waals surface area contributed by atoms with Gasteiger partial charge in [-0.05, 0) is 64.2 Å². The quantitative estimate of drug-likeness (QED) is 0.0175. The lowest BCUT2D eigenvalue weighted by molar-refractivity contribution is -0.161. The minimum atomic E-state index is -4.83. The van der Waals surface area contributed by atoms with Gasteiger partial charge in [0.15, 0.2) is 6.10 Å². The van der Waals surface area contributed by atoms with Crippen molar-refractivity contribution in [1.29, 1.82) is 0 Å². The molecule has 0 aromatic rings. The smallest absolute Gasteiger partial charge is 0.462 e. The summed E-state index contributed by atoms with van der Waals surface area (Å²) in [5, 5.41) is 37.9. The molecule has 5 atom stereocenters. The summed E-state index contributed by atoms with van der Waals surface area (Å²) in [5.41, 5.74) is 0. The van der Waals surface area contributed by atoms with Crippen LogP contribution >= 0.6 is 7.82 Å². The van der Waals surface area contributed by atoms with E-state index in [0.717, 1.165) is 38.5 Å². The number of esters is 2. The molecule has 0 aromatic heterocycles. The van der Waals surface area contributed by atoms with Gasteiger partial charge in [0, 0.05) is 12.8 Å². The van der Waals surface area contributed by atoms with Gasteiger partial charge < -0.3 is 34.8 Å². The lowest BCUT2D eigenvalue weighted by Crippen LogP contribution is -2.41. The molecule has 0 radical (unpaired) electrons. The molecule has 0 rings (SSSR count). The van der Waals surface area contributed by atoms with Crippen molar-refractivity contribution in [2.45, 2.75) is 192 Å². The Kier molecular flexibility index (Phi) is 34.9. The van der Waals surface area contributed by atoms with Crippen LogP contribution in [0.15, 0.2) is 24.3 Å². The summed E-state index contributed by atoms with van der Waals surface area (Å²) in [5.74, 6) is -1.07. The van der Waals surface area contributed by atoms with Gasteiger partial charge in [-0.1, -0.05) is 115 Å². The second-order valence-electron chi connectivity index (χ2n) is 13.9. The molecule has 0 saturated carbocycles. The fourth-order valence-corrected chi connectivity index (χ4v) is 6.21. The average Bonchev–Trinajstić information content (AvgIpc) is 3.14. The lowest BCUT2D eigenvalue weighted by atomic mass is 10.1. The zero-order valence-electron chi connectivity index (χ0n) is 33.0. The molecule has 12 nitrogen and oxygen atoms in total. The Morgan fingerprint density at radius 2 is 0.981 bits per heavy atom. The second kappa shape index (κ2) is 36.0. The first-order valence-corrected chi connectivity index (χ1v) is 22.0. The van der Waals surface area contributed by atoms with Crippen LogP contribution in [-0.4, -0.2) is 88.1 Å². The minimum absolute atomic E-state index is 0.104. The number of ether oxygens (including phenoxy) is 2. The SMILES string of the molecule is CCCCCCCCCC=CCCCCC(=O)OC[C@H](COP(=O)(O)OC[C@@H](O)[C@@H](O)[C@H](O)CO)OC(=O)CCCCC=CCCCCCCCCC. The van der Waals surface area contributed by atoms with Crippen molar-refractivity contribution in [2.75, 3.05) is 26.4 Å². The molecular weight excluding hydrogens is 703 g/mol. The predicted octanol–water partition coefficient (Wildman–Crippen LogP) is 8.16. The number of phosphoric acid groups is 1. The van der Waals surface area contributed by atoms with Gasteiger partial charge in [-0.2, -0.15) is 0 Å². The number of aliphatic hydroxyl groups is 4. The molecular formula is C40H75O12P. The molecule has 1 unspecified atom stereocenters. The van der Waals surface area contributed by atoms with Crippen LogP contribution in [0.5, 0.6) is 0 Å². The number of phosphoric ester groups is 1. The fourth-order valence-electron chi connectivity index (χ4n) is 5.44. The number of aliphatic hydroxyl groups excluding tert-OH is 4. The number of hydrogen-bond acceptors (Lipinski definition) is 11. The van der Waals surface area contributed by atoms with Gasteiger partial charge in [0.25, 0.3) is 0 Å². The van der Waals surface area contributed by atoms with Gasteiger partial charge in [0.05, 0.1) is 19.8 Å². The van der Waals surface area contributed by atoms with E-state index in [2.05, 4.69) is 38.2 Å². The molecule has 0 spiro atoms. The maximum absolute atomic E-state index is 12.6. The van der Waals surface area contributed by atoms with Crippen LogP contribution in [0.3, 0.4) is 0 Å². The van der Waals surface area contributed by atoms with Gasteiger partial charge in [0.2, 0.25) is 0 Å². The third-order valence-corrected chi connectivity index (χ3v) is 9.77. The maximum atomic E-state index is 12.6. The van der Waals surface area contributed by atoms with Gasteiger partial charge in [0.1, 0.15) is 24.9 Å². The Labute approximate surface area is 320 Å². The molecule has 53 heavy (non-hydrogen) atoms. The number of hydrogen-bond donors (Lipinski definition) is 5. The van der Waals surface area contributed by atoms with Crippen molar-refractivity contribution >= 4 is 19.8 Å². The molecule has 0 bridgehead atoms. The molecule has 0 aliphatic rings. The number of carbonyl (C=O) groups excluding carboxylic acids is 2. The number of carbonyl (C=O) groups is 2. The van der Waals surface area contributed by atoms with Crippen LogP contribution in [0, 0.1) is 0 Å². The first kappa shape index (κ1) is 51.4. The van der Waals surface area contributed by atoms with E-state index in [-0.39, 0.29) is 12.8 Å². The van der Waals surface area contributed by atoms with Crippen LogP contribution in [0.4, 0.5) is 0 Å². The Morgan fingerprint density at radius 3 is 1.45 bits per heavy atom. The second-order valence-corrected chi connectivity index (χ2v) is 15.4. The monoisotopic (exact) mass is 778 g/mol. The van der Waals surface area contributed by atoms with Crippen LogP contribution in [0.2, 0.25) is 0 Å². The molecule has 312 valence electrons. The Hall–Kier alpha value is -1.63. The van der Waals surface area contributed by atoms with Crippen LogP contribution < -0.4 is 0 Å². The zero-order chi connectivity index (χ0) is 39.4. The van der Waals surface area contributed by atoms with E-state index in [1.54, 1.807) is 0 Å². The highest BCUT2D eigenvalue weighted by atomic mass is 31.2. The molecule has 0 amide bonds. The van der Waals surface area contributed by atoms with Crippen LogP contribution in [-0.2, 0) is 32.7 Å². The molecule has 0 fully saturated rings. The van der Waals surface area contributed by atoms with Crippen LogP contribution in [0.25, 0.3) is 0 Å². The van der Waals surface area contributed by atoms with Gasteiger partial charge in [-0.15, -0.1) is 0 Å². The van der Waals surface area contributed by atoms with Crippen molar-refractivity contribution in [3.63, 3.8) is 0 Å². The van der Waals surface area contributed by atoms with Crippen molar-refractivity contribution in [3.8, 4) is 0 Å². The molecule has 0 heterocycles. The number of unbranched alkanes of at least 4 members (excludes halogenated alkanes) is 18. The first-order valence-electron chi connectivity index (χ1n) is 20.5. The average molecular weight is 779 g/mol. The highest BCUT2D eigenvalue weighted by Crippen LogP contribution is 2.43. The van der Waals surface area contributed by atoms with Gasteiger partial charge in [-0.25, -0.2) is 4.57 Å². The largest absolute Gasteiger partial charge is 0.472 e. The van der Waals surface area contributed by atoms with Gasteiger partial charge >= 0.3 is 19.8 Å². The van der Waals surface area contributed by atoms with Crippen molar-refractivity contribution in [2.24, 2.45) is 0 Å². The maximum Gasteiger partial charge on any atom is 0.472 e. The van der Waals surface area contributed by atoms with E-state index in [9.17, 15) is 34.4 Å².